The van der Waals surface area contributed by atoms with E-state index in [9.17, 15) is 4.79 Å². The van der Waals surface area contributed by atoms with E-state index in [1.165, 1.54) is 12.3 Å². The standard InChI is InChI=1S/C13H12BrN3O2/c1-7-9(14)3-2-4-10(7)17-12-11(15)8(13(18)19)5-6-16-12/h2-6H,15H2,1H3,(H,16,17)(H,18,19). The number of nitrogens with zero attached hydrogens (tertiary/aromatic N) is 1. The summed E-state index contributed by atoms with van der Waals surface area (Å²) >= 11 is 3.43. The molecule has 0 bridgehead atoms. The average molecular weight is 322 g/mol. The fraction of sp³-hybridized carbons (Fsp3) is 0.0769. The maximum Gasteiger partial charge on any atom is 0.337 e. The smallest absolute Gasteiger partial charge is 0.337 e. The minimum atomic E-state index is -1.08. The Bertz CT molecular complexity index is 644. The van der Waals surface area contributed by atoms with Gasteiger partial charge in [-0.15, -0.1) is 0 Å². The number of benzene rings is 1. The first-order chi connectivity index (χ1) is 9.00. The van der Waals surface area contributed by atoms with Gasteiger partial charge in [0, 0.05) is 16.4 Å². The fourth-order valence-corrected chi connectivity index (χ4v) is 2.00. The van der Waals surface area contributed by atoms with Crippen LogP contribution in [0.4, 0.5) is 17.2 Å². The predicted molar refractivity (Wildman–Crippen MR) is 77.8 cm³/mol. The summed E-state index contributed by atoms with van der Waals surface area (Å²) in [6, 6.07) is 7.03. The molecule has 6 heteroatoms. The third-order valence-electron chi connectivity index (χ3n) is 2.74. The first-order valence-corrected chi connectivity index (χ1v) is 6.30. The van der Waals surface area contributed by atoms with Crippen LogP contribution in [0.25, 0.3) is 0 Å². The molecule has 5 nitrogen and oxygen atoms in total. The number of carboxylic acids is 1. The molecule has 2 aromatic rings. The lowest BCUT2D eigenvalue weighted by molar-refractivity contribution is 0.0698. The second-order valence-electron chi connectivity index (χ2n) is 3.96. The number of nitrogens with one attached hydrogen (secondary N) is 1. The Balaban J connectivity index is 2.42. The van der Waals surface area contributed by atoms with Crippen molar-refractivity contribution in [2.75, 3.05) is 11.1 Å². The second-order valence-corrected chi connectivity index (χ2v) is 4.82. The topological polar surface area (TPSA) is 88.2 Å². The third kappa shape index (κ3) is 2.68. The van der Waals surface area contributed by atoms with Gasteiger partial charge in [0.1, 0.15) is 0 Å². The first kappa shape index (κ1) is 13.4. The number of hydrogen-bond acceptors (Lipinski definition) is 4. The maximum absolute atomic E-state index is 11.0. The highest BCUT2D eigenvalue weighted by Crippen LogP contribution is 2.29. The van der Waals surface area contributed by atoms with Crippen LogP contribution in [0, 0.1) is 6.92 Å². The molecule has 4 N–H and O–H groups in total. The molecule has 1 heterocycles. The van der Waals surface area contributed by atoms with Gasteiger partial charge >= 0.3 is 5.97 Å². The molecule has 0 aliphatic rings. The summed E-state index contributed by atoms with van der Waals surface area (Å²) in [5.74, 6) is -0.741. The van der Waals surface area contributed by atoms with Crippen LogP contribution in [-0.4, -0.2) is 16.1 Å². The van der Waals surface area contributed by atoms with Gasteiger partial charge in [0.25, 0.3) is 0 Å². The van der Waals surface area contributed by atoms with Crippen molar-refractivity contribution in [2.24, 2.45) is 0 Å². The highest BCUT2D eigenvalue weighted by atomic mass is 79.9. The lowest BCUT2D eigenvalue weighted by atomic mass is 10.2. The van der Waals surface area contributed by atoms with Gasteiger partial charge in [0.2, 0.25) is 0 Å². The first-order valence-electron chi connectivity index (χ1n) is 5.50. The van der Waals surface area contributed by atoms with Gasteiger partial charge in [0.05, 0.1) is 11.3 Å². The Labute approximate surface area is 118 Å². The number of halogens is 1. The number of carbonyl (C=O) groups is 1. The predicted octanol–water partition coefficient (Wildman–Crippen LogP) is 3.18. The van der Waals surface area contributed by atoms with Crippen LogP contribution in [0.15, 0.2) is 34.9 Å². The van der Waals surface area contributed by atoms with E-state index < -0.39 is 5.97 Å². The molecule has 0 atom stereocenters. The summed E-state index contributed by atoms with van der Waals surface area (Å²) in [5, 5.41) is 12.1. The zero-order valence-electron chi connectivity index (χ0n) is 10.1. The minimum absolute atomic E-state index is 0.0325. The van der Waals surface area contributed by atoms with Gasteiger partial charge in [-0.2, -0.15) is 0 Å². The molecular formula is C13H12BrN3O2. The third-order valence-corrected chi connectivity index (χ3v) is 3.60. The molecule has 0 aliphatic carbocycles. The van der Waals surface area contributed by atoms with E-state index in [4.69, 9.17) is 10.8 Å². The molecule has 98 valence electrons. The second kappa shape index (κ2) is 5.27. The number of aromatic carboxylic acids is 1. The molecule has 2 rings (SSSR count). The molecule has 0 radical (unpaired) electrons. The SMILES string of the molecule is Cc1c(Br)cccc1Nc1nccc(C(=O)O)c1N. The Hall–Kier alpha value is -2.08. The van der Waals surface area contributed by atoms with Crippen molar-refractivity contribution >= 4 is 39.1 Å². The Kier molecular flexibility index (Phi) is 3.71. The van der Waals surface area contributed by atoms with Crippen LogP contribution >= 0.6 is 15.9 Å². The Morgan fingerprint density at radius 1 is 1.42 bits per heavy atom. The molecule has 1 aromatic carbocycles. The quantitative estimate of drug-likeness (QED) is 0.808. The van der Waals surface area contributed by atoms with E-state index in [-0.39, 0.29) is 11.3 Å². The van der Waals surface area contributed by atoms with E-state index in [1.807, 2.05) is 25.1 Å². The van der Waals surface area contributed by atoms with E-state index in [1.54, 1.807) is 0 Å². The number of anilines is 3. The number of hydrogen-bond donors (Lipinski definition) is 3. The number of rotatable bonds is 3. The average Bonchev–Trinajstić information content (AvgIpc) is 2.37. The molecule has 0 saturated carbocycles. The van der Waals surface area contributed by atoms with Crippen LogP contribution in [0.1, 0.15) is 15.9 Å². The molecule has 0 fully saturated rings. The van der Waals surface area contributed by atoms with Crippen molar-refractivity contribution in [2.45, 2.75) is 6.92 Å². The van der Waals surface area contributed by atoms with Gasteiger partial charge in [-0.05, 0) is 30.7 Å². The summed E-state index contributed by atoms with van der Waals surface area (Å²) in [4.78, 5) is 15.1. The van der Waals surface area contributed by atoms with Gasteiger partial charge < -0.3 is 16.2 Å². The van der Waals surface area contributed by atoms with E-state index in [0.29, 0.717) is 5.82 Å². The monoisotopic (exact) mass is 321 g/mol. The summed E-state index contributed by atoms with van der Waals surface area (Å²) in [6.45, 7) is 1.93. The van der Waals surface area contributed by atoms with Crippen LogP contribution < -0.4 is 11.1 Å². The summed E-state index contributed by atoms with van der Waals surface area (Å²) < 4.78 is 0.950. The number of nitrogens with two attached hydrogens (primary N) is 1. The lowest BCUT2D eigenvalue weighted by Crippen LogP contribution is -2.07. The van der Waals surface area contributed by atoms with Gasteiger partial charge in [-0.1, -0.05) is 22.0 Å². The van der Waals surface area contributed by atoms with Crippen LogP contribution in [0.3, 0.4) is 0 Å². The molecule has 0 spiro atoms. The van der Waals surface area contributed by atoms with Crippen molar-refractivity contribution in [3.05, 3.63) is 46.1 Å². The molecular weight excluding hydrogens is 310 g/mol. The Morgan fingerprint density at radius 3 is 2.84 bits per heavy atom. The number of aromatic nitrogens is 1. The molecule has 1 aromatic heterocycles. The highest BCUT2D eigenvalue weighted by molar-refractivity contribution is 9.10. The number of nitrogen functional groups attached to an aromatic ring is 1. The van der Waals surface area contributed by atoms with Crippen molar-refractivity contribution < 1.29 is 9.90 Å². The van der Waals surface area contributed by atoms with Crippen molar-refractivity contribution in [1.29, 1.82) is 0 Å². The molecule has 0 aliphatic heterocycles. The van der Waals surface area contributed by atoms with Gasteiger partial charge in [-0.3, -0.25) is 0 Å². The summed E-state index contributed by atoms with van der Waals surface area (Å²) in [5.41, 5.74) is 7.76. The van der Waals surface area contributed by atoms with Crippen molar-refractivity contribution in [3.8, 4) is 0 Å². The van der Waals surface area contributed by atoms with Crippen molar-refractivity contribution in [1.82, 2.24) is 4.98 Å². The van der Waals surface area contributed by atoms with Crippen LogP contribution in [0.2, 0.25) is 0 Å². The lowest BCUT2D eigenvalue weighted by Gasteiger charge is -2.12. The van der Waals surface area contributed by atoms with Gasteiger partial charge in [0.15, 0.2) is 5.82 Å². The molecule has 0 amide bonds. The maximum atomic E-state index is 11.0. The van der Waals surface area contributed by atoms with Crippen LogP contribution in [0.5, 0.6) is 0 Å². The van der Waals surface area contributed by atoms with Gasteiger partial charge in [-0.25, -0.2) is 9.78 Å². The normalized spacial score (nSPS) is 10.2. The summed E-state index contributed by atoms with van der Waals surface area (Å²) in [6.07, 6.45) is 1.41. The fourth-order valence-electron chi connectivity index (χ4n) is 1.63. The molecule has 0 saturated heterocycles. The highest BCUT2D eigenvalue weighted by Gasteiger charge is 2.13. The van der Waals surface area contributed by atoms with E-state index in [2.05, 4.69) is 26.2 Å². The van der Waals surface area contributed by atoms with Crippen LogP contribution in [-0.2, 0) is 0 Å². The van der Waals surface area contributed by atoms with E-state index >= 15 is 0 Å². The molecule has 0 unspecified atom stereocenters. The zero-order valence-corrected chi connectivity index (χ0v) is 11.7. The van der Waals surface area contributed by atoms with E-state index in [0.717, 1.165) is 15.7 Å². The zero-order chi connectivity index (χ0) is 14.0. The largest absolute Gasteiger partial charge is 0.478 e. The Morgan fingerprint density at radius 2 is 2.16 bits per heavy atom. The number of carboxylic acid groups (broad SMARTS) is 1. The summed E-state index contributed by atoms with van der Waals surface area (Å²) in [7, 11) is 0. The minimum Gasteiger partial charge on any atom is -0.478 e. The van der Waals surface area contributed by atoms with Crippen molar-refractivity contribution in [3.63, 3.8) is 0 Å². The number of pyridine rings is 1. The molecule has 19 heavy (non-hydrogen) atoms.